The summed E-state index contributed by atoms with van der Waals surface area (Å²) in [5.41, 5.74) is 10.1. The number of imidazole rings is 1. The molecule has 5 heterocycles. The largest absolute Gasteiger partial charge is 0.471 e. The lowest BCUT2D eigenvalue weighted by Crippen LogP contribution is -2.28. The van der Waals surface area contributed by atoms with Gasteiger partial charge in [-0.15, -0.1) is 34.0 Å². The highest BCUT2D eigenvalue weighted by molar-refractivity contribution is 7.24. The van der Waals surface area contributed by atoms with Crippen LogP contribution in [0.3, 0.4) is 0 Å². The summed E-state index contributed by atoms with van der Waals surface area (Å²) in [6.45, 7) is 1.37. The van der Waals surface area contributed by atoms with Gasteiger partial charge in [0.2, 0.25) is 11.8 Å². The number of thiazole rings is 1. The molecule has 0 spiro atoms. The number of nitrogen functional groups attached to an aromatic ring is 1. The smallest absolute Gasteiger partial charge is 0.407 e. The van der Waals surface area contributed by atoms with Crippen molar-refractivity contribution in [1.29, 1.82) is 5.26 Å². The summed E-state index contributed by atoms with van der Waals surface area (Å²) in [6, 6.07) is 26.1. The first-order valence-corrected chi connectivity index (χ1v) is 17.8. The molecule has 7 rings (SSSR count). The molecule has 0 aliphatic carbocycles. The Kier molecular flexibility index (Phi) is 9.65. The minimum Gasteiger partial charge on any atom is -0.471 e. The number of alkyl carbamates (subject to hydrolysis) is 1. The SMILES string of the molecule is CN(CCOC(=O)NCc1ccc(COc2nc(N)nc3[nH]cnc23)cc1)c1ccc(-c2ccc(/C=C(\C#N)c3nc4ccccc4s3)s2)s1. The highest BCUT2D eigenvalue weighted by Crippen LogP contribution is 2.38. The fourth-order valence-electron chi connectivity index (χ4n) is 4.94. The number of nitriles is 1. The molecule has 0 aliphatic rings. The number of H-pyrrole nitrogens is 1. The second-order valence-electron chi connectivity index (χ2n) is 11.0. The van der Waals surface area contributed by atoms with Gasteiger partial charge in [-0.2, -0.15) is 15.2 Å². The van der Waals surface area contributed by atoms with Crippen molar-refractivity contribution in [3.8, 4) is 21.7 Å². The van der Waals surface area contributed by atoms with Crippen LogP contribution < -0.4 is 20.7 Å². The molecule has 250 valence electrons. The van der Waals surface area contributed by atoms with Gasteiger partial charge in [0.25, 0.3) is 0 Å². The number of amides is 1. The van der Waals surface area contributed by atoms with Crippen LogP contribution in [0.4, 0.5) is 15.7 Å². The van der Waals surface area contributed by atoms with Gasteiger partial charge in [0.1, 0.15) is 24.3 Å². The molecule has 0 aliphatic heterocycles. The minimum atomic E-state index is -0.483. The number of likely N-dealkylation sites (N-methyl/N-ethyl adjacent to an activating group) is 1. The number of hydrogen-bond donors (Lipinski definition) is 3. The quantitative estimate of drug-likeness (QED) is 0.109. The van der Waals surface area contributed by atoms with Crippen LogP contribution in [0.2, 0.25) is 0 Å². The van der Waals surface area contributed by atoms with Crippen LogP contribution in [0.15, 0.2) is 79.1 Å². The second-order valence-corrected chi connectivity index (χ2v) is 14.2. The summed E-state index contributed by atoms with van der Waals surface area (Å²) in [5.74, 6) is 0.411. The summed E-state index contributed by atoms with van der Waals surface area (Å²) in [4.78, 5) is 37.6. The Morgan fingerprint density at radius 3 is 2.64 bits per heavy atom. The monoisotopic (exact) mass is 719 g/mol. The molecule has 0 atom stereocenters. The average molecular weight is 720 g/mol. The Morgan fingerprint density at radius 2 is 1.80 bits per heavy atom. The topological polar surface area (TPSA) is 168 Å². The van der Waals surface area contributed by atoms with Gasteiger partial charge in [0.15, 0.2) is 11.2 Å². The molecule has 0 saturated carbocycles. The maximum absolute atomic E-state index is 12.4. The number of fused-ring (bicyclic) bond motifs is 2. The highest BCUT2D eigenvalue weighted by Gasteiger charge is 2.13. The van der Waals surface area contributed by atoms with Crippen molar-refractivity contribution < 1.29 is 14.3 Å². The van der Waals surface area contributed by atoms with Crippen molar-refractivity contribution >= 4 is 84.1 Å². The number of carbonyl (C=O) groups excluding carboxylic acids is 1. The molecule has 7 aromatic rings. The Balaban J connectivity index is 0.856. The number of nitrogens with two attached hydrogens (primary N) is 1. The predicted octanol–water partition coefficient (Wildman–Crippen LogP) is 7.34. The first kappa shape index (κ1) is 32.7. The molecule has 1 amide bonds. The Hall–Kier alpha value is -5.82. The normalized spacial score (nSPS) is 11.5. The molecule has 12 nitrogen and oxygen atoms in total. The van der Waals surface area contributed by atoms with Crippen LogP contribution in [-0.4, -0.2) is 51.2 Å². The molecule has 50 heavy (non-hydrogen) atoms. The van der Waals surface area contributed by atoms with E-state index in [4.69, 9.17) is 15.2 Å². The summed E-state index contributed by atoms with van der Waals surface area (Å²) in [7, 11) is 1.97. The van der Waals surface area contributed by atoms with E-state index in [2.05, 4.69) is 59.4 Å². The molecule has 0 fully saturated rings. The maximum atomic E-state index is 12.4. The van der Waals surface area contributed by atoms with Crippen LogP contribution in [0, 0.1) is 11.3 Å². The van der Waals surface area contributed by atoms with E-state index >= 15 is 0 Å². The number of benzene rings is 2. The van der Waals surface area contributed by atoms with E-state index in [9.17, 15) is 10.1 Å². The first-order chi connectivity index (χ1) is 24.4. The number of nitrogens with one attached hydrogen (secondary N) is 2. The molecular weight excluding hydrogens is 691 g/mol. The van der Waals surface area contributed by atoms with Crippen LogP contribution >= 0.6 is 34.0 Å². The molecule has 0 saturated heterocycles. The van der Waals surface area contributed by atoms with Gasteiger partial charge in [-0.25, -0.2) is 14.8 Å². The van der Waals surface area contributed by atoms with Crippen molar-refractivity contribution in [3.05, 3.63) is 100 Å². The van der Waals surface area contributed by atoms with Crippen molar-refractivity contribution in [1.82, 2.24) is 30.2 Å². The van der Waals surface area contributed by atoms with Gasteiger partial charge >= 0.3 is 6.09 Å². The lowest BCUT2D eigenvalue weighted by Gasteiger charge is -2.17. The zero-order chi connectivity index (χ0) is 34.5. The van der Waals surface area contributed by atoms with E-state index in [1.165, 1.54) is 17.7 Å². The zero-order valence-corrected chi connectivity index (χ0v) is 29.1. The highest BCUT2D eigenvalue weighted by atomic mass is 32.1. The van der Waals surface area contributed by atoms with E-state index in [-0.39, 0.29) is 19.2 Å². The van der Waals surface area contributed by atoms with Crippen molar-refractivity contribution in [2.75, 3.05) is 30.8 Å². The van der Waals surface area contributed by atoms with E-state index < -0.39 is 6.09 Å². The van der Waals surface area contributed by atoms with Crippen LogP contribution in [0.5, 0.6) is 5.88 Å². The number of para-hydroxylation sites is 1. The van der Waals surface area contributed by atoms with Crippen LogP contribution in [0.1, 0.15) is 21.0 Å². The van der Waals surface area contributed by atoms with E-state index in [0.717, 1.165) is 46.0 Å². The summed E-state index contributed by atoms with van der Waals surface area (Å²) >= 11 is 4.81. The van der Waals surface area contributed by atoms with Crippen LogP contribution in [-0.2, 0) is 17.9 Å². The number of aromatic amines is 1. The Labute approximate surface area is 298 Å². The predicted molar refractivity (Wildman–Crippen MR) is 199 cm³/mol. The number of ether oxygens (including phenoxy) is 2. The fourth-order valence-corrected chi connectivity index (χ4v) is 7.91. The van der Waals surface area contributed by atoms with Gasteiger partial charge in [0.05, 0.1) is 33.7 Å². The number of hydrogen-bond acceptors (Lipinski definition) is 13. The number of thiophene rings is 2. The van der Waals surface area contributed by atoms with E-state index in [0.29, 0.717) is 35.7 Å². The minimum absolute atomic E-state index is 0.101. The molecule has 4 N–H and O–H groups in total. The Morgan fingerprint density at radius 1 is 1.00 bits per heavy atom. The average Bonchev–Trinajstić information content (AvgIpc) is 3.95. The molecule has 0 bridgehead atoms. The van der Waals surface area contributed by atoms with E-state index in [1.807, 2.05) is 67.7 Å². The van der Waals surface area contributed by atoms with Crippen molar-refractivity contribution in [2.45, 2.75) is 13.2 Å². The number of rotatable bonds is 12. The van der Waals surface area contributed by atoms with Gasteiger partial charge in [-0.05, 0) is 53.6 Å². The number of aromatic nitrogens is 5. The summed E-state index contributed by atoms with van der Waals surface area (Å²) in [5, 5.41) is 14.4. The number of allylic oxidation sites excluding steroid dienone is 1. The lowest BCUT2D eigenvalue weighted by molar-refractivity contribution is 0.148. The molecular formula is C35H29N9O3S3. The molecule has 15 heteroatoms. The summed E-state index contributed by atoms with van der Waals surface area (Å²) < 4.78 is 12.3. The standard InChI is InChI=1S/C35H29N9O3S3/c1-44(29-13-12-28(49-29)27-11-10-24(48-27)16-23(17-36)33-41-25-4-2-3-5-26(25)50-33)14-15-46-35(45)38-18-21-6-8-22(9-7-21)19-47-32-30-31(40-20-39-30)42-34(37)43-32/h2-13,16,20H,14-15,18-19H2,1H3,(H,38,45)(H3,37,39,40,42,43)/b23-16+. The van der Waals surface area contributed by atoms with Crippen molar-refractivity contribution in [3.63, 3.8) is 0 Å². The van der Waals surface area contributed by atoms with Crippen molar-refractivity contribution in [2.24, 2.45) is 0 Å². The third-order valence-corrected chi connectivity index (χ3v) is 11.0. The van der Waals surface area contributed by atoms with Gasteiger partial charge in [-0.3, -0.25) is 0 Å². The maximum Gasteiger partial charge on any atom is 0.407 e. The lowest BCUT2D eigenvalue weighted by atomic mass is 10.1. The molecule has 0 radical (unpaired) electrons. The third kappa shape index (κ3) is 7.57. The first-order valence-electron chi connectivity index (χ1n) is 15.4. The number of carbonyl (C=O) groups is 1. The summed E-state index contributed by atoms with van der Waals surface area (Å²) in [6.07, 6.45) is 2.93. The number of anilines is 2. The number of nitrogens with zero attached hydrogens (tertiary/aromatic N) is 6. The molecule has 0 unspecified atom stereocenters. The van der Waals surface area contributed by atoms with Gasteiger partial charge in [-0.1, -0.05) is 36.4 Å². The van der Waals surface area contributed by atoms with Crippen LogP contribution in [0.25, 0.3) is 42.8 Å². The zero-order valence-electron chi connectivity index (χ0n) is 26.6. The van der Waals surface area contributed by atoms with Gasteiger partial charge in [0, 0.05) is 28.2 Å². The second kappa shape index (κ2) is 14.7. The Bertz CT molecular complexity index is 2320. The molecule has 5 aromatic heterocycles. The fraction of sp³-hybridized carbons (Fsp3) is 0.143. The van der Waals surface area contributed by atoms with E-state index in [1.54, 1.807) is 22.7 Å². The van der Waals surface area contributed by atoms with Gasteiger partial charge < -0.3 is 30.4 Å². The third-order valence-electron chi connectivity index (χ3n) is 7.53. The molecule has 2 aromatic carbocycles.